The number of nitrogens with two attached hydrogens (primary N) is 1. The first kappa shape index (κ1) is 15.4. The molecular weight excluding hydrogens is 230 g/mol. The van der Waals surface area contributed by atoms with Crippen LogP contribution in [0.4, 0.5) is 0 Å². The Balaban J connectivity index is 3.00. The monoisotopic (exact) mass is 257 g/mol. The number of hydrogen-bond donors (Lipinski definition) is 3. The first-order valence-electron chi connectivity index (χ1n) is 6.40. The van der Waals surface area contributed by atoms with Crippen molar-refractivity contribution in [2.45, 2.75) is 77.2 Å². The van der Waals surface area contributed by atoms with E-state index in [4.69, 9.17) is 16.0 Å². The van der Waals surface area contributed by atoms with E-state index < -0.39 is 5.60 Å². The lowest BCUT2D eigenvalue weighted by Crippen LogP contribution is -2.64. The van der Waals surface area contributed by atoms with E-state index in [1.54, 1.807) is 13.8 Å². The van der Waals surface area contributed by atoms with E-state index in [1.165, 1.54) is 0 Å². The third-order valence-corrected chi connectivity index (χ3v) is 3.54. The summed E-state index contributed by atoms with van der Waals surface area (Å²) in [7, 11) is 0. The number of nitrogens with zero attached hydrogens (tertiary/aromatic N) is 1. The van der Waals surface area contributed by atoms with E-state index in [-0.39, 0.29) is 23.0 Å². The summed E-state index contributed by atoms with van der Waals surface area (Å²) < 4.78 is 0. The summed E-state index contributed by atoms with van der Waals surface area (Å²) in [5, 5.41) is 19.4. The first-order chi connectivity index (χ1) is 7.88. The Morgan fingerprint density at radius 1 is 1.28 bits per heavy atom. The molecule has 0 unspecified atom stereocenters. The van der Waals surface area contributed by atoms with E-state index in [0.717, 1.165) is 0 Å². The van der Waals surface area contributed by atoms with Crippen molar-refractivity contribution in [1.82, 2.24) is 5.06 Å². The van der Waals surface area contributed by atoms with Crippen molar-refractivity contribution in [2.24, 2.45) is 5.73 Å². The van der Waals surface area contributed by atoms with Gasteiger partial charge in [-0.25, -0.2) is 0 Å². The average Bonchev–Trinajstić information content (AvgIpc) is 2.09. The highest BCUT2D eigenvalue weighted by Crippen LogP contribution is 2.40. The van der Waals surface area contributed by atoms with Crippen LogP contribution in [0.2, 0.25) is 0 Å². The van der Waals surface area contributed by atoms with Gasteiger partial charge in [0.15, 0.2) is 0 Å². The van der Waals surface area contributed by atoms with Gasteiger partial charge in [-0.2, -0.15) is 5.06 Å². The molecule has 0 atom stereocenters. The average molecular weight is 257 g/mol. The van der Waals surface area contributed by atoms with Crippen LogP contribution in [0.1, 0.15) is 54.4 Å². The Morgan fingerprint density at radius 2 is 1.67 bits per heavy atom. The summed E-state index contributed by atoms with van der Waals surface area (Å²) >= 11 is 0. The molecule has 1 rings (SSSR count). The van der Waals surface area contributed by atoms with Crippen LogP contribution in [-0.4, -0.2) is 38.8 Å². The van der Waals surface area contributed by atoms with Crippen molar-refractivity contribution >= 4 is 5.84 Å². The zero-order chi connectivity index (χ0) is 14.4. The lowest BCUT2D eigenvalue weighted by molar-refractivity contribution is -0.322. The summed E-state index contributed by atoms with van der Waals surface area (Å²) in [4.78, 5) is 5.99. The number of aliphatic hydroxyl groups excluding tert-OH is 1. The standard InChI is InChI=1S/C13H27N3O2/c1-11(2)7-9(17)8-12(3,4)16(11)18-13(5,6)10(14)15/h9,17H,7-8H2,1-6H3,(H3,14,15). The first-order valence-corrected chi connectivity index (χ1v) is 6.40. The second-order valence-corrected chi connectivity index (χ2v) is 7.00. The van der Waals surface area contributed by atoms with Crippen molar-refractivity contribution in [2.75, 3.05) is 0 Å². The Morgan fingerprint density at radius 3 is 2.00 bits per heavy atom. The van der Waals surface area contributed by atoms with Crippen molar-refractivity contribution in [1.29, 1.82) is 5.41 Å². The largest absolute Gasteiger partial charge is 0.393 e. The Hall–Kier alpha value is -0.650. The van der Waals surface area contributed by atoms with Gasteiger partial charge in [-0.3, -0.25) is 10.2 Å². The minimum Gasteiger partial charge on any atom is -0.393 e. The molecule has 1 heterocycles. The van der Waals surface area contributed by atoms with Crippen LogP contribution in [0.3, 0.4) is 0 Å². The number of hydrogen-bond acceptors (Lipinski definition) is 4. The number of aliphatic hydroxyl groups is 1. The molecule has 1 aliphatic heterocycles. The molecule has 4 N–H and O–H groups in total. The fourth-order valence-electron chi connectivity index (χ4n) is 2.74. The Bertz CT molecular complexity index is 319. The second kappa shape index (κ2) is 4.47. The SMILES string of the molecule is CC(C)(ON1C(C)(C)CC(O)CC1(C)C)C(=N)N. The summed E-state index contributed by atoms with van der Waals surface area (Å²) in [6.07, 6.45) is 0.963. The topological polar surface area (TPSA) is 82.6 Å². The van der Waals surface area contributed by atoms with Crippen LogP contribution < -0.4 is 5.73 Å². The molecule has 0 spiro atoms. The van der Waals surface area contributed by atoms with Crippen molar-refractivity contribution in [3.63, 3.8) is 0 Å². The van der Waals surface area contributed by atoms with Gasteiger partial charge in [0.05, 0.1) is 6.10 Å². The maximum Gasteiger partial charge on any atom is 0.140 e. The highest BCUT2D eigenvalue weighted by molar-refractivity contribution is 5.85. The lowest BCUT2D eigenvalue weighted by atomic mass is 9.80. The molecule has 5 nitrogen and oxygen atoms in total. The van der Waals surface area contributed by atoms with Crippen LogP contribution in [0.15, 0.2) is 0 Å². The van der Waals surface area contributed by atoms with Crippen molar-refractivity contribution in [3.05, 3.63) is 0 Å². The van der Waals surface area contributed by atoms with Gasteiger partial charge in [0.2, 0.25) is 0 Å². The van der Waals surface area contributed by atoms with Crippen LogP contribution in [0.5, 0.6) is 0 Å². The molecule has 0 aromatic heterocycles. The number of hydroxylamine groups is 2. The number of nitrogens with one attached hydrogen (secondary N) is 1. The van der Waals surface area contributed by atoms with Gasteiger partial charge in [0, 0.05) is 11.1 Å². The van der Waals surface area contributed by atoms with Gasteiger partial charge >= 0.3 is 0 Å². The zero-order valence-electron chi connectivity index (χ0n) is 12.4. The third-order valence-electron chi connectivity index (χ3n) is 3.54. The molecule has 0 bridgehead atoms. The van der Waals surface area contributed by atoms with E-state index >= 15 is 0 Å². The van der Waals surface area contributed by atoms with Gasteiger partial charge in [-0.15, -0.1) is 0 Å². The predicted octanol–water partition coefficient (Wildman–Crippen LogP) is 1.65. The van der Waals surface area contributed by atoms with Crippen LogP contribution >= 0.6 is 0 Å². The molecule has 1 fully saturated rings. The molecule has 0 aromatic rings. The van der Waals surface area contributed by atoms with E-state index in [1.807, 2.05) is 32.8 Å². The molecule has 0 saturated carbocycles. The molecule has 1 saturated heterocycles. The van der Waals surface area contributed by atoms with E-state index in [2.05, 4.69) is 0 Å². The van der Waals surface area contributed by atoms with Gasteiger partial charge in [-0.05, 0) is 54.4 Å². The predicted molar refractivity (Wildman–Crippen MR) is 72.3 cm³/mol. The Labute approximate surface area is 110 Å². The van der Waals surface area contributed by atoms with Gasteiger partial charge in [0.25, 0.3) is 0 Å². The minimum atomic E-state index is -0.836. The highest BCUT2D eigenvalue weighted by atomic mass is 16.7. The molecule has 18 heavy (non-hydrogen) atoms. The highest BCUT2D eigenvalue weighted by Gasteiger charge is 2.48. The lowest BCUT2D eigenvalue weighted by Gasteiger charge is -2.54. The second-order valence-electron chi connectivity index (χ2n) is 7.00. The molecule has 5 heteroatoms. The number of amidine groups is 1. The molecule has 0 aliphatic carbocycles. The normalized spacial score (nSPS) is 25.1. The molecule has 106 valence electrons. The summed E-state index contributed by atoms with van der Waals surface area (Å²) in [6, 6.07) is 0. The molecular formula is C13H27N3O2. The molecule has 0 aromatic carbocycles. The van der Waals surface area contributed by atoms with Gasteiger partial charge in [0.1, 0.15) is 11.4 Å². The van der Waals surface area contributed by atoms with Gasteiger partial charge < -0.3 is 10.8 Å². The van der Waals surface area contributed by atoms with E-state index in [0.29, 0.717) is 12.8 Å². The van der Waals surface area contributed by atoms with Crippen molar-refractivity contribution < 1.29 is 9.94 Å². The maximum atomic E-state index is 9.96. The summed E-state index contributed by atoms with van der Waals surface area (Å²) in [6.45, 7) is 11.7. The molecule has 0 radical (unpaired) electrons. The molecule has 0 amide bonds. The van der Waals surface area contributed by atoms with E-state index in [9.17, 15) is 5.11 Å². The van der Waals surface area contributed by atoms with Crippen LogP contribution in [0.25, 0.3) is 0 Å². The third kappa shape index (κ3) is 3.02. The maximum absolute atomic E-state index is 9.96. The smallest absolute Gasteiger partial charge is 0.140 e. The summed E-state index contributed by atoms with van der Waals surface area (Å²) in [5.74, 6) is 0.000205. The minimum absolute atomic E-state index is 0.000205. The van der Waals surface area contributed by atoms with Crippen LogP contribution in [-0.2, 0) is 4.84 Å². The summed E-state index contributed by atoms with van der Waals surface area (Å²) in [5.41, 5.74) is 4.14. The fraction of sp³-hybridized carbons (Fsp3) is 0.923. The number of piperidine rings is 1. The fourth-order valence-corrected chi connectivity index (χ4v) is 2.74. The van der Waals surface area contributed by atoms with Gasteiger partial charge in [-0.1, -0.05) is 0 Å². The molecule has 1 aliphatic rings. The number of rotatable bonds is 3. The quantitative estimate of drug-likeness (QED) is 0.530. The zero-order valence-corrected chi connectivity index (χ0v) is 12.4. The Kier molecular flexibility index (Phi) is 3.83. The van der Waals surface area contributed by atoms with Crippen LogP contribution in [0, 0.1) is 5.41 Å². The van der Waals surface area contributed by atoms with Crippen molar-refractivity contribution in [3.8, 4) is 0 Å².